The second-order valence-electron chi connectivity index (χ2n) is 7.91. The summed E-state index contributed by atoms with van der Waals surface area (Å²) in [7, 11) is 0. The highest BCUT2D eigenvalue weighted by Gasteiger charge is 2.45. The summed E-state index contributed by atoms with van der Waals surface area (Å²) in [5, 5.41) is 10.7. The summed E-state index contributed by atoms with van der Waals surface area (Å²) in [5.74, 6) is 1.11. The van der Waals surface area contributed by atoms with E-state index in [9.17, 15) is 9.59 Å². The first-order valence-corrected chi connectivity index (χ1v) is 10.9. The molecular weight excluding hydrogens is 432 g/mol. The topological polar surface area (TPSA) is 107 Å². The SMILES string of the molecule is C[C@@H](Sc1nnc(-c2ccc3c(c2)OCO3)o1)C(=O)N1c2ccccc2NC(=O)C1(C)C. The van der Waals surface area contributed by atoms with E-state index in [1.807, 2.05) is 18.2 Å². The van der Waals surface area contributed by atoms with Crippen LogP contribution in [0.3, 0.4) is 0 Å². The van der Waals surface area contributed by atoms with Crippen LogP contribution in [-0.2, 0) is 9.59 Å². The molecule has 164 valence electrons. The Hall–Kier alpha value is -3.53. The summed E-state index contributed by atoms with van der Waals surface area (Å²) in [6.07, 6.45) is 0. The van der Waals surface area contributed by atoms with Crippen molar-refractivity contribution in [3.05, 3.63) is 42.5 Å². The average molecular weight is 452 g/mol. The van der Waals surface area contributed by atoms with E-state index in [0.29, 0.717) is 34.3 Å². The minimum Gasteiger partial charge on any atom is -0.454 e. The first-order valence-electron chi connectivity index (χ1n) is 9.99. The van der Waals surface area contributed by atoms with Crippen LogP contribution < -0.4 is 19.7 Å². The molecule has 3 aromatic rings. The first-order chi connectivity index (χ1) is 15.3. The van der Waals surface area contributed by atoms with Crippen molar-refractivity contribution < 1.29 is 23.5 Å². The number of aromatic nitrogens is 2. The Kier molecular flexibility index (Phi) is 4.81. The zero-order valence-electron chi connectivity index (χ0n) is 17.6. The molecule has 0 spiro atoms. The van der Waals surface area contributed by atoms with Crippen LogP contribution >= 0.6 is 11.8 Å². The molecule has 3 heterocycles. The van der Waals surface area contributed by atoms with E-state index < -0.39 is 10.8 Å². The van der Waals surface area contributed by atoms with Gasteiger partial charge in [-0.1, -0.05) is 23.9 Å². The van der Waals surface area contributed by atoms with Crippen molar-refractivity contribution in [3.63, 3.8) is 0 Å². The maximum atomic E-state index is 13.4. The molecule has 0 fully saturated rings. The van der Waals surface area contributed by atoms with Gasteiger partial charge in [-0.25, -0.2) is 0 Å². The Morgan fingerprint density at radius 2 is 1.94 bits per heavy atom. The van der Waals surface area contributed by atoms with Gasteiger partial charge in [0.05, 0.1) is 16.6 Å². The molecule has 2 aromatic carbocycles. The molecule has 2 aliphatic rings. The Bertz CT molecular complexity index is 1220. The molecule has 0 saturated heterocycles. The number of hydrogen-bond acceptors (Lipinski definition) is 8. The van der Waals surface area contributed by atoms with E-state index in [1.54, 1.807) is 45.0 Å². The van der Waals surface area contributed by atoms with Gasteiger partial charge in [0, 0.05) is 5.56 Å². The number of para-hydroxylation sites is 2. The highest BCUT2D eigenvalue weighted by Crippen LogP contribution is 2.39. The van der Waals surface area contributed by atoms with E-state index in [0.717, 1.165) is 11.8 Å². The molecule has 5 rings (SSSR count). The molecule has 2 aliphatic heterocycles. The van der Waals surface area contributed by atoms with Crippen molar-refractivity contribution in [2.45, 2.75) is 36.8 Å². The monoisotopic (exact) mass is 452 g/mol. The van der Waals surface area contributed by atoms with E-state index in [1.165, 1.54) is 4.90 Å². The molecule has 0 saturated carbocycles. The van der Waals surface area contributed by atoms with Crippen LogP contribution in [-0.4, -0.2) is 39.6 Å². The molecule has 32 heavy (non-hydrogen) atoms. The molecule has 1 N–H and O–H groups in total. The maximum absolute atomic E-state index is 13.4. The maximum Gasteiger partial charge on any atom is 0.277 e. The fourth-order valence-corrected chi connectivity index (χ4v) is 4.36. The summed E-state index contributed by atoms with van der Waals surface area (Å²) < 4.78 is 16.5. The smallest absolute Gasteiger partial charge is 0.277 e. The number of amides is 2. The third-order valence-electron chi connectivity index (χ3n) is 5.38. The number of hydrogen-bond donors (Lipinski definition) is 1. The van der Waals surface area contributed by atoms with Crippen molar-refractivity contribution >= 4 is 35.0 Å². The van der Waals surface area contributed by atoms with Crippen molar-refractivity contribution in [1.82, 2.24) is 10.2 Å². The predicted octanol–water partition coefficient (Wildman–Crippen LogP) is 3.71. The van der Waals surface area contributed by atoms with Gasteiger partial charge in [0.1, 0.15) is 5.54 Å². The van der Waals surface area contributed by atoms with Crippen molar-refractivity contribution in [1.29, 1.82) is 0 Å². The number of carbonyl (C=O) groups is 2. The molecule has 10 heteroatoms. The molecule has 0 radical (unpaired) electrons. The van der Waals surface area contributed by atoms with Crippen LogP contribution in [0.2, 0.25) is 0 Å². The van der Waals surface area contributed by atoms with Crippen LogP contribution in [0, 0.1) is 0 Å². The van der Waals surface area contributed by atoms with Gasteiger partial charge in [0.15, 0.2) is 11.5 Å². The largest absolute Gasteiger partial charge is 0.454 e. The number of benzene rings is 2. The second-order valence-corrected chi connectivity index (χ2v) is 9.20. The minimum absolute atomic E-state index is 0.178. The summed E-state index contributed by atoms with van der Waals surface area (Å²) >= 11 is 1.14. The fraction of sp³-hybridized carbons (Fsp3) is 0.273. The van der Waals surface area contributed by atoms with Crippen LogP contribution in [0.4, 0.5) is 11.4 Å². The van der Waals surface area contributed by atoms with Gasteiger partial charge in [-0.3, -0.25) is 14.5 Å². The number of carbonyl (C=O) groups excluding carboxylic acids is 2. The number of nitrogens with one attached hydrogen (secondary N) is 1. The second kappa shape index (κ2) is 7.56. The lowest BCUT2D eigenvalue weighted by atomic mass is 9.96. The Balaban J connectivity index is 1.37. The van der Waals surface area contributed by atoms with Crippen LogP contribution in [0.15, 0.2) is 52.1 Å². The highest BCUT2D eigenvalue weighted by atomic mass is 32.2. The summed E-state index contributed by atoms with van der Waals surface area (Å²) in [4.78, 5) is 27.6. The molecule has 1 aromatic heterocycles. The Morgan fingerprint density at radius 3 is 2.78 bits per heavy atom. The molecule has 1 atom stereocenters. The predicted molar refractivity (Wildman–Crippen MR) is 118 cm³/mol. The molecular formula is C22H20N4O5S. The fourth-order valence-electron chi connectivity index (χ4n) is 3.63. The van der Waals surface area contributed by atoms with E-state index in [2.05, 4.69) is 15.5 Å². The number of ether oxygens (including phenoxy) is 2. The lowest BCUT2D eigenvalue weighted by Gasteiger charge is -2.42. The number of nitrogens with zero attached hydrogens (tertiary/aromatic N) is 3. The molecule has 9 nitrogen and oxygen atoms in total. The third kappa shape index (κ3) is 3.36. The lowest BCUT2D eigenvalue weighted by molar-refractivity contribution is -0.126. The van der Waals surface area contributed by atoms with Gasteiger partial charge in [0.25, 0.3) is 5.22 Å². The van der Waals surface area contributed by atoms with E-state index >= 15 is 0 Å². The van der Waals surface area contributed by atoms with Gasteiger partial charge in [-0.15, -0.1) is 10.2 Å². The van der Waals surface area contributed by atoms with E-state index in [4.69, 9.17) is 13.9 Å². The number of thioether (sulfide) groups is 1. The first kappa shape index (κ1) is 20.4. The normalized spacial score (nSPS) is 17.0. The van der Waals surface area contributed by atoms with Crippen molar-refractivity contribution in [2.24, 2.45) is 0 Å². The molecule has 0 unspecified atom stereocenters. The standard InChI is InChI=1S/C22H20N4O5S/c1-12(19(27)26-15-7-5-4-6-14(15)23-20(28)22(26,2)3)32-21-25-24-18(31-21)13-8-9-16-17(10-13)30-11-29-16/h4-10,12H,11H2,1-3H3,(H,23,28)/t12-/m1/s1. The van der Waals surface area contributed by atoms with Gasteiger partial charge in [0.2, 0.25) is 24.5 Å². The van der Waals surface area contributed by atoms with Gasteiger partial charge in [-0.05, 0) is 51.1 Å². The number of rotatable bonds is 4. The number of fused-ring (bicyclic) bond motifs is 2. The molecule has 2 amide bonds. The highest BCUT2D eigenvalue weighted by molar-refractivity contribution is 8.00. The quantitative estimate of drug-likeness (QED) is 0.597. The molecule has 0 bridgehead atoms. The van der Waals surface area contributed by atoms with Crippen LogP contribution in [0.5, 0.6) is 11.5 Å². The Labute approximate surface area is 188 Å². The van der Waals surface area contributed by atoms with Crippen LogP contribution in [0.1, 0.15) is 20.8 Å². The third-order valence-corrected chi connectivity index (χ3v) is 6.30. The zero-order chi connectivity index (χ0) is 22.5. The summed E-state index contributed by atoms with van der Waals surface area (Å²) in [5.41, 5.74) is 0.897. The molecule has 0 aliphatic carbocycles. The Morgan fingerprint density at radius 1 is 1.16 bits per heavy atom. The zero-order valence-corrected chi connectivity index (χ0v) is 18.4. The van der Waals surface area contributed by atoms with Crippen molar-refractivity contribution in [2.75, 3.05) is 17.0 Å². The van der Waals surface area contributed by atoms with E-state index in [-0.39, 0.29) is 23.8 Å². The van der Waals surface area contributed by atoms with Gasteiger partial charge in [-0.2, -0.15) is 0 Å². The summed E-state index contributed by atoms with van der Waals surface area (Å²) in [6, 6.07) is 12.6. The minimum atomic E-state index is -1.05. The van der Waals surface area contributed by atoms with Crippen molar-refractivity contribution in [3.8, 4) is 23.0 Å². The average Bonchev–Trinajstić information content (AvgIpc) is 3.43. The van der Waals surface area contributed by atoms with Gasteiger partial charge < -0.3 is 19.2 Å². The van der Waals surface area contributed by atoms with Gasteiger partial charge >= 0.3 is 0 Å². The lowest BCUT2D eigenvalue weighted by Crippen LogP contribution is -2.60. The number of anilines is 2. The van der Waals surface area contributed by atoms with Crippen LogP contribution in [0.25, 0.3) is 11.5 Å². The summed E-state index contributed by atoms with van der Waals surface area (Å²) in [6.45, 7) is 5.37.